The number of nitrogens with zero attached hydrogens (tertiary/aromatic N) is 2. The Morgan fingerprint density at radius 3 is 1.32 bits per heavy atom. The Labute approximate surface area is 694 Å². The zero-order valence-electron chi connectivity index (χ0n) is 62.6. The average molecular weight is 1700 g/mol. The van der Waals surface area contributed by atoms with Crippen molar-refractivity contribution in [1.29, 1.82) is 0 Å². The number of benzene rings is 1. The summed E-state index contributed by atoms with van der Waals surface area (Å²) < 4.78 is 89.6. The van der Waals surface area contributed by atoms with Crippen LogP contribution in [0.5, 0.6) is 0 Å². The molecule has 10 nitrogen and oxygen atoms in total. The van der Waals surface area contributed by atoms with Gasteiger partial charge in [0.1, 0.15) is 10.0 Å². The van der Waals surface area contributed by atoms with Crippen molar-refractivity contribution >= 4 is 195 Å². The summed E-state index contributed by atoms with van der Waals surface area (Å²) in [7, 11) is 0. The maximum atomic E-state index is 14.3. The van der Waals surface area contributed by atoms with Gasteiger partial charge in [-0.25, -0.2) is 9.98 Å². The maximum Gasteiger partial charge on any atom is 0.416 e. The molecule has 8 heterocycles. The van der Waals surface area contributed by atoms with E-state index in [0.29, 0.717) is 29.7 Å². The molecule has 0 bridgehead atoms. The fourth-order valence-corrected chi connectivity index (χ4v) is 37.1. The number of rotatable bonds is 5. The molecular weight excluding hydrogens is 1630 g/mol. The summed E-state index contributed by atoms with van der Waals surface area (Å²) >= 11 is 14.0. The molecule has 8 aromatic heterocycles. The van der Waals surface area contributed by atoms with Crippen LogP contribution in [0.25, 0.3) is 75.5 Å². The van der Waals surface area contributed by atoms with Gasteiger partial charge >= 0.3 is 12.4 Å². The lowest BCUT2D eigenvalue weighted by Gasteiger charge is -2.46. The fourth-order valence-electron chi connectivity index (χ4n) is 25.2. The lowest BCUT2D eigenvalue weighted by atomic mass is 9.58. The van der Waals surface area contributed by atoms with Gasteiger partial charge < -0.3 is 0 Å². The van der Waals surface area contributed by atoms with E-state index in [9.17, 15) is 64.7 Å². The van der Waals surface area contributed by atoms with E-state index in [1.807, 2.05) is 45.3 Å². The molecule has 24 rings (SSSR count). The lowest BCUT2D eigenvalue weighted by Crippen LogP contribution is -2.38. The summed E-state index contributed by atoms with van der Waals surface area (Å²) in [4.78, 5) is 133. The second kappa shape index (κ2) is 25.1. The first-order valence-corrected chi connectivity index (χ1v) is 47.9. The lowest BCUT2D eigenvalue weighted by molar-refractivity contribution is -0.137. The van der Waals surface area contributed by atoms with Crippen molar-refractivity contribution in [3.8, 4) is 39.0 Å². The topological polar surface area (TPSA) is 161 Å². The van der Waals surface area contributed by atoms with Crippen LogP contribution in [0.1, 0.15) is 243 Å². The molecule has 1 aromatic carbocycles. The van der Waals surface area contributed by atoms with E-state index in [-0.39, 0.29) is 91.3 Å². The molecule has 0 saturated heterocycles. The predicted molar refractivity (Wildman–Crippen MR) is 448 cm³/mol. The van der Waals surface area contributed by atoms with Crippen molar-refractivity contribution in [1.82, 2.24) is 0 Å². The molecule has 0 N–H and O–H groups in total. The Kier molecular flexibility index (Phi) is 15.7. The van der Waals surface area contributed by atoms with E-state index in [4.69, 9.17) is 9.98 Å². The average Bonchev–Trinajstić information content (AvgIpc) is 1.50. The van der Waals surface area contributed by atoms with Gasteiger partial charge in [0.05, 0.1) is 65.1 Å². The number of carbonyl (C=O) groups is 8. The van der Waals surface area contributed by atoms with Crippen molar-refractivity contribution in [3.05, 3.63) is 143 Å². The maximum absolute atomic E-state index is 14.3. The van der Waals surface area contributed by atoms with Gasteiger partial charge in [0.15, 0.2) is 34.6 Å². The molecule has 15 aliphatic carbocycles. The number of fused-ring (bicyclic) bond motifs is 30. The standard InChI is InChI=1S/C92H72F6N2O8S8/c93-91(94,95)41-17-19-45-51(30-41)71(105)73(107)53(45)32-43-34-55-75(109-43)79-61(87(55)23-7-1-8-24-87)83-85(113-79)63-80(114-83)76-56(35-44(110-76)33-54-46-20-18-42(92(96,97)98)31-52(46)72(106)74(54)108)89(63)28-21-39(22-29-89)40-12-11-27-90(38-40)58-37-60(100-66-69(103)49-15-5-6-16-50(49)70(66)104)112-78(58)82-64(90)86-84(116-82)62-81(115-86)77-57(88(62)25-9-2-10-26-88)36-59(111-77)99-65-67(101)47-13-3-4-14-48(47)68(65)102/h17-20,30-37,39-40,45,47-51H,1-16,21-29,38H2/b53-32-,54-33-,99-65?,100-66?. The summed E-state index contributed by atoms with van der Waals surface area (Å²) in [6.07, 6.45) is 21.5. The molecular formula is C92H72F6N2O8S8. The molecule has 9 saturated carbocycles. The highest BCUT2D eigenvalue weighted by atomic mass is 32.1. The van der Waals surface area contributed by atoms with Crippen LogP contribution in [-0.4, -0.2) is 63.9 Å². The normalized spacial score (nSPS) is 29.6. The number of halogens is 6. The molecule has 8 atom stereocenters. The van der Waals surface area contributed by atoms with E-state index in [0.717, 1.165) is 203 Å². The predicted octanol–water partition coefficient (Wildman–Crippen LogP) is 24.8. The van der Waals surface area contributed by atoms with Gasteiger partial charge in [0.25, 0.3) is 0 Å². The first-order chi connectivity index (χ1) is 55.9. The van der Waals surface area contributed by atoms with Crippen molar-refractivity contribution in [3.63, 3.8) is 0 Å². The molecule has 0 radical (unpaired) electrons. The van der Waals surface area contributed by atoms with Crippen LogP contribution in [0.2, 0.25) is 0 Å². The second-order valence-corrected chi connectivity index (χ2v) is 44.1. The smallest absolute Gasteiger partial charge is 0.292 e. The van der Waals surface area contributed by atoms with Crippen molar-refractivity contribution in [2.24, 2.45) is 57.3 Å². The Hall–Kier alpha value is -7.42. The number of thiophene rings is 8. The van der Waals surface area contributed by atoms with Crippen LogP contribution in [0.3, 0.4) is 0 Å². The van der Waals surface area contributed by atoms with Gasteiger partial charge in [-0.2, -0.15) is 26.3 Å². The number of alkyl halides is 6. The molecule has 9 aromatic rings. The minimum atomic E-state index is -4.72. The molecule has 0 amide bonds. The summed E-state index contributed by atoms with van der Waals surface area (Å²) in [6.45, 7) is 0. The number of carbonyl (C=O) groups excluding carboxylic acids is 8. The highest BCUT2D eigenvalue weighted by Crippen LogP contribution is 2.74. The Morgan fingerprint density at radius 2 is 0.828 bits per heavy atom. The summed E-state index contributed by atoms with van der Waals surface area (Å²) in [5.74, 6) is -6.30. The fraction of sp³-hybridized carbons (Fsp3) is 0.435. The largest absolute Gasteiger partial charge is 0.416 e. The number of allylic oxidation sites excluding steroid dienone is 6. The molecule has 116 heavy (non-hydrogen) atoms. The molecule has 8 unspecified atom stereocenters. The minimum Gasteiger partial charge on any atom is -0.292 e. The quantitative estimate of drug-likeness (QED) is 0.0934. The minimum absolute atomic E-state index is 0.0780. The molecule has 24 heteroatoms. The third-order valence-electron chi connectivity index (χ3n) is 30.4. The number of hydrogen-bond acceptors (Lipinski definition) is 18. The van der Waals surface area contributed by atoms with E-state index < -0.39 is 69.3 Å². The second-order valence-electron chi connectivity index (χ2n) is 35.8. The highest BCUT2D eigenvalue weighted by Gasteiger charge is 2.60. The monoisotopic (exact) mass is 1700 g/mol. The number of hydrogen-bond donors (Lipinski definition) is 0. The van der Waals surface area contributed by atoms with Crippen molar-refractivity contribution in [2.75, 3.05) is 0 Å². The van der Waals surface area contributed by atoms with Crippen LogP contribution in [0, 0.1) is 47.3 Å². The summed E-state index contributed by atoms with van der Waals surface area (Å²) in [5, 5.41) is 1.45. The van der Waals surface area contributed by atoms with Gasteiger partial charge in [0, 0.05) is 110 Å². The van der Waals surface area contributed by atoms with Gasteiger partial charge in [-0.3, -0.25) is 38.4 Å². The van der Waals surface area contributed by atoms with E-state index in [2.05, 4.69) is 24.3 Å². The highest BCUT2D eigenvalue weighted by molar-refractivity contribution is 7.36. The van der Waals surface area contributed by atoms with Crippen LogP contribution < -0.4 is 0 Å². The zero-order chi connectivity index (χ0) is 78.7. The van der Waals surface area contributed by atoms with E-state index in [1.54, 1.807) is 57.5 Å². The Morgan fingerprint density at radius 1 is 0.379 bits per heavy atom. The van der Waals surface area contributed by atoms with Crippen LogP contribution >= 0.6 is 90.7 Å². The molecule has 588 valence electrons. The van der Waals surface area contributed by atoms with Gasteiger partial charge in [-0.1, -0.05) is 101 Å². The van der Waals surface area contributed by atoms with Crippen LogP contribution in [0.15, 0.2) is 81.8 Å². The molecule has 15 aliphatic rings. The summed E-state index contributed by atoms with van der Waals surface area (Å²) in [6, 6.07) is 11.8. The van der Waals surface area contributed by atoms with Crippen molar-refractivity contribution < 1.29 is 64.7 Å². The molecule has 4 spiro atoms. The SMILES string of the molecule is O=C1C(=O)c2cc(C(F)(F)F)ccc2/C1=C/c1cc2c(s1)-c1sc3c4c(sc3c1C21CCC(C2CCCC3(C2)c2cc(N=C5C(=O)C6CCCCC6C5=O)sc2-c2sc5c6c(sc5c23)-c2sc(N=C3C(=O)C5CCCCC5C3=O)cc2C62CCCCC2)CC1)-c1sc(/C=C2\C(=O)C(=O)C3C=C(C(F)(F)F)C=CC23)cc1C41CCCCC1. The van der Waals surface area contributed by atoms with Crippen molar-refractivity contribution in [2.45, 2.75) is 201 Å². The first kappa shape index (κ1) is 72.6. The molecule has 9 fully saturated rings. The third-order valence-corrected chi connectivity index (χ3v) is 40.4. The Bertz CT molecular complexity index is 6270. The number of ketones is 8. The number of aliphatic imine (C=N–C) groups is 2. The van der Waals surface area contributed by atoms with Gasteiger partial charge in [0.2, 0.25) is 23.1 Å². The van der Waals surface area contributed by atoms with E-state index >= 15 is 0 Å². The van der Waals surface area contributed by atoms with Crippen LogP contribution in [0.4, 0.5) is 36.3 Å². The van der Waals surface area contributed by atoms with Gasteiger partial charge in [-0.15, -0.1) is 90.7 Å². The van der Waals surface area contributed by atoms with Crippen LogP contribution in [-0.2, 0) is 61.4 Å². The Balaban J connectivity index is 0.619. The van der Waals surface area contributed by atoms with Gasteiger partial charge in [-0.05, 0) is 178 Å². The third kappa shape index (κ3) is 9.78. The zero-order valence-corrected chi connectivity index (χ0v) is 69.2. The number of Topliss-reactive ketones (excluding diaryl/α,β-unsaturated/α-hetero) is 8. The van der Waals surface area contributed by atoms with E-state index in [1.165, 1.54) is 105 Å². The molecule has 0 aliphatic heterocycles. The first-order valence-electron chi connectivity index (χ1n) is 41.4. The summed E-state index contributed by atoms with van der Waals surface area (Å²) in [5.41, 5.74) is 7.45.